The van der Waals surface area contributed by atoms with E-state index in [2.05, 4.69) is 0 Å². The number of amides is 3. The van der Waals surface area contributed by atoms with Gasteiger partial charge in [0.15, 0.2) is 0 Å². The highest BCUT2D eigenvalue weighted by Crippen LogP contribution is 2.46. The van der Waals surface area contributed by atoms with E-state index in [-0.39, 0.29) is 35.6 Å². The van der Waals surface area contributed by atoms with E-state index in [1.165, 1.54) is 12.1 Å². The summed E-state index contributed by atoms with van der Waals surface area (Å²) in [6.07, 6.45) is 0. The number of fused-ring (bicyclic) bond motifs is 1. The predicted octanol–water partition coefficient (Wildman–Crippen LogP) is 1.98. The van der Waals surface area contributed by atoms with Crippen molar-refractivity contribution in [3.8, 4) is 0 Å². The van der Waals surface area contributed by atoms with E-state index < -0.39 is 5.41 Å². The maximum absolute atomic E-state index is 13.9. The van der Waals surface area contributed by atoms with Crippen LogP contribution in [-0.2, 0) is 9.53 Å². The highest BCUT2D eigenvalue weighted by molar-refractivity contribution is 5.84. The second-order valence-corrected chi connectivity index (χ2v) is 8.52. The van der Waals surface area contributed by atoms with Crippen LogP contribution in [0.1, 0.15) is 18.5 Å². The quantitative estimate of drug-likeness (QED) is 0.794. The zero-order valence-corrected chi connectivity index (χ0v) is 16.0. The molecule has 0 spiro atoms. The molecule has 0 aliphatic carbocycles. The van der Waals surface area contributed by atoms with Crippen LogP contribution >= 0.6 is 0 Å². The molecule has 0 radical (unpaired) electrons. The Labute approximate surface area is 158 Å². The number of rotatable bonds is 2. The molecular weight excluding hydrogens is 349 g/mol. The Hall–Kier alpha value is -2.15. The van der Waals surface area contributed by atoms with E-state index in [0.717, 1.165) is 5.56 Å². The van der Waals surface area contributed by atoms with Gasteiger partial charge in [-0.25, -0.2) is 9.18 Å². The fraction of sp³-hybridized carbons (Fsp3) is 0.600. The molecule has 0 aromatic heterocycles. The van der Waals surface area contributed by atoms with E-state index in [1.54, 1.807) is 25.1 Å². The molecule has 1 aromatic rings. The SMILES string of the molecule is CN(C)C(=O)N1C[C@H]2CN(C(=O)C3(C)COC3)C[C@H]2[C@@H]1c1cccc(F)c1. The normalized spacial score (nSPS) is 28.7. The van der Waals surface area contributed by atoms with Crippen molar-refractivity contribution in [3.05, 3.63) is 35.6 Å². The van der Waals surface area contributed by atoms with E-state index in [1.807, 2.05) is 22.8 Å². The number of halogens is 1. The Kier molecular flexibility index (Phi) is 4.37. The van der Waals surface area contributed by atoms with Crippen LogP contribution in [-0.4, -0.2) is 73.6 Å². The third-order valence-corrected chi connectivity index (χ3v) is 6.13. The van der Waals surface area contributed by atoms with E-state index in [4.69, 9.17) is 4.74 Å². The maximum atomic E-state index is 13.9. The standard InChI is InChI=1S/C20H26FN3O3/c1-20(11-27-12-20)18(25)23-8-14-9-24(19(26)22(2)3)17(16(14)10-23)13-5-4-6-15(21)7-13/h4-7,14,16-17H,8-12H2,1-3H3/t14-,16-,17+/m1/s1. The van der Waals surface area contributed by atoms with Crippen molar-refractivity contribution in [3.63, 3.8) is 0 Å². The number of hydrogen-bond donors (Lipinski definition) is 0. The molecule has 3 saturated heterocycles. The Morgan fingerprint density at radius 2 is 1.96 bits per heavy atom. The van der Waals surface area contributed by atoms with Crippen molar-refractivity contribution >= 4 is 11.9 Å². The van der Waals surface area contributed by atoms with Gasteiger partial charge in [-0.3, -0.25) is 4.79 Å². The molecule has 7 heteroatoms. The van der Waals surface area contributed by atoms with Crippen LogP contribution in [0.5, 0.6) is 0 Å². The molecule has 3 atom stereocenters. The van der Waals surface area contributed by atoms with Crippen LogP contribution in [0.25, 0.3) is 0 Å². The third-order valence-electron chi connectivity index (χ3n) is 6.13. The van der Waals surface area contributed by atoms with Gasteiger partial charge >= 0.3 is 6.03 Å². The molecule has 0 bridgehead atoms. The highest BCUT2D eigenvalue weighted by atomic mass is 19.1. The van der Waals surface area contributed by atoms with Gasteiger partial charge in [0.05, 0.1) is 24.7 Å². The molecule has 0 saturated carbocycles. The first-order chi connectivity index (χ1) is 12.8. The first kappa shape index (κ1) is 18.2. The van der Waals surface area contributed by atoms with Crippen molar-refractivity contribution in [2.24, 2.45) is 17.3 Å². The summed E-state index contributed by atoms with van der Waals surface area (Å²) in [4.78, 5) is 30.9. The maximum Gasteiger partial charge on any atom is 0.320 e. The van der Waals surface area contributed by atoms with Gasteiger partial charge in [-0.15, -0.1) is 0 Å². The van der Waals surface area contributed by atoms with E-state index in [9.17, 15) is 14.0 Å². The van der Waals surface area contributed by atoms with Crippen molar-refractivity contribution in [2.45, 2.75) is 13.0 Å². The molecule has 6 nitrogen and oxygen atoms in total. The molecular formula is C20H26FN3O3. The molecule has 146 valence electrons. The summed E-state index contributed by atoms with van der Waals surface area (Å²) >= 11 is 0. The van der Waals surface area contributed by atoms with Crippen molar-refractivity contribution in [2.75, 3.05) is 46.9 Å². The lowest BCUT2D eigenvalue weighted by Gasteiger charge is -2.40. The number of nitrogens with zero attached hydrogens (tertiary/aromatic N) is 3. The summed E-state index contributed by atoms with van der Waals surface area (Å²) in [5, 5.41) is 0. The molecule has 3 aliphatic heterocycles. The number of ether oxygens (including phenoxy) is 1. The topological polar surface area (TPSA) is 53.1 Å². The average molecular weight is 375 g/mol. The molecule has 3 fully saturated rings. The summed E-state index contributed by atoms with van der Waals surface area (Å²) < 4.78 is 19.1. The largest absolute Gasteiger partial charge is 0.379 e. The molecule has 4 rings (SSSR count). The number of carbonyl (C=O) groups is 2. The zero-order valence-electron chi connectivity index (χ0n) is 16.0. The van der Waals surface area contributed by atoms with Gasteiger partial charge < -0.3 is 19.4 Å². The van der Waals surface area contributed by atoms with Crippen molar-refractivity contribution in [1.29, 1.82) is 0 Å². The molecule has 3 amide bonds. The minimum absolute atomic E-state index is 0.0732. The molecule has 27 heavy (non-hydrogen) atoms. The lowest BCUT2D eigenvalue weighted by molar-refractivity contribution is -0.168. The number of carbonyl (C=O) groups excluding carboxylic acids is 2. The van der Waals surface area contributed by atoms with Gasteiger partial charge in [-0.1, -0.05) is 12.1 Å². The molecule has 0 unspecified atom stereocenters. The molecule has 3 aliphatic rings. The monoisotopic (exact) mass is 375 g/mol. The summed E-state index contributed by atoms with van der Waals surface area (Å²) in [6.45, 7) is 4.70. The van der Waals surface area contributed by atoms with Gasteiger partial charge in [-0.05, 0) is 24.6 Å². The third kappa shape index (κ3) is 2.98. The Morgan fingerprint density at radius 1 is 1.22 bits per heavy atom. The number of benzene rings is 1. The molecule has 0 N–H and O–H groups in total. The van der Waals surface area contributed by atoms with Crippen LogP contribution in [0.4, 0.5) is 9.18 Å². The Balaban J connectivity index is 1.61. The Bertz CT molecular complexity index is 765. The van der Waals surface area contributed by atoms with Gasteiger partial charge in [0, 0.05) is 45.6 Å². The first-order valence-corrected chi connectivity index (χ1v) is 9.41. The first-order valence-electron chi connectivity index (χ1n) is 9.41. The van der Waals surface area contributed by atoms with Gasteiger partial charge in [0.1, 0.15) is 5.82 Å². The van der Waals surface area contributed by atoms with Crippen molar-refractivity contribution in [1.82, 2.24) is 14.7 Å². The van der Waals surface area contributed by atoms with E-state index >= 15 is 0 Å². The lowest BCUT2D eigenvalue weighted by atomic mass is 9.87. The summed E-state index contributed by atoms with van der Waals surface area (Å²) in [5.74, 6) is 0.143. The molecule has 1 aromatic carbocycles. The Morgan fingerprint density at radius 3 is 2.56 bits per heavy atom. The number of urea groups is 1. The highest BCUT2D eigenvalue weighted by Gasteiger charge is 2.53. The minimum atomic E-state index is -0.424. The minimum Gasteiger partial charge on any atom is -0.379 e. The molecule has 3 heterocycles. The second kappa shape index (κ2) is 6.48. The average Bonchev–Trinajstić information content (AvgIpc) is 3.15. The van der Waals surface area contributed by atoms with Gasteiger partial charge in [0.2, 0.25) is 5.91 Å². The smallest absolute Gasteiger partial charge is 0.320 e. The zero-order chi connectivity index (χ0) is 19.3. The summed E-state index contributed by atoms with van der Waals surface area (Å²) in [5.41, 5.74) is 0.372. The summed E-state index contributed by atoms with van der Waals surface area (Å²) in [7, 11) is 3.46. The predicted molar refractivity (Wildman–Crippen MR) is 97.4 cm³/mol. The fourth-order valence-corrected chi connectivity index (χ4v) is 4.70. The summed E-state index contributed by atoms with van der Waals surface area (Å²) in [6, 6.07) is 6.18. The van der Waals surface area contributed by atoms with Gasteiger partial charge in [0.25, 0.3) is 0 Å². The van der Waals surface area contributed by atoms with Crippen molar-refractivity contribution < 1.29 is 18.7 Å². The van der Waals surface area contributed by atoms with Crippen LogP contribution in [0.15, 0.2) is 24.3 Å². The van der Waals surface area contributed by atoms with Crippen LogP contribution in [0.3, 0.4) is 0 Å². The van der Waals surface area contributed by atoms with Crippen LogP contribution in [0, 0.1) is 23.1 Å². The van der Waals surface area contributed by atoms with E-state index in [0.29, 0.717) is 32.8 Å². The second-order valence-electron chi connectivity index (χ2n) is 8.52. The lowest BCUT2D eigenvalue weighted by Crippen LogP contribution is -2.53. The number of likely N-dealkylation sites (tertiary alicyclic amines) is 2. The fourth-order valence-electron chi connectivity index (χ4n) is 4.70. The van der Waals surface area contributed by atoms with Gasteiger partial charge in [-0.2, -0.15) is 0 Å². The van der Waals surface area contributed by atoms with Crippen LogP contribution < -0.4 is 0 Å². The number of hydrogen-bond acceptors (Lipinski definition) is 3. The van der Waals surface area contributed by atoms with Crippen LogP contribution in [0.2, 0.25) is 0 Å².